The molecule has 2 N–H and O–H groups in total. The third kappa shape index (κ3) is 4.31. The molecule has 1 aromatic rings. The van der Waals surface area contributed by atoms with Gasteiger partial charge in [-0.1, -0.05) is 13.8 Å². The zero-order valence-corrected chi connectivity index (χ0v) is 20.7. The first-order valence-corrected chi connectivity index (χ1v) is 13.7. The molecule has 1 unspecified atom stereocenters. The molecule has 0 fully saturated rings. The highest BCUT2D eigenvalue weighted by Gasteiger charge is 2.48. The Morgan fingerprint density at radius 3 is 2.58 bits per heavy atom. The van der Waals surface area contributed by atoms with Gasteiger partial charge in [-0.3, -0.25) is 9.79 Å². The molecule has 6 heteroatoms. The van der Waals surface area contributed by atoms with Crippen molar-refractivity contribution in [3.05, 3.63) is 40.6 Å². The number of fused-ring (bicyclic) bond motifs is 2. The molecule has 0 saturated heterocycles. The lowest BCUT2D eigenvalue weighted by molar-refractivity contribution is -0.137. The Labute approximate surface area is 187 Å². The summed E-state index contributed by atoms with van der Waals surface area (Å²) in [5, 5.41) is 15.5. The van der Waals surface area contributed by atoms with E-state index in [0.717, 1.165) is 47.5 Å². The lowest BCUT2D eigenvalue weighted by Crippen LogP contribution is -2.57. The highest BCUT2D eigenvalue weighted by Crippen LogP contribution is 2.43. The Hall–Kier alpha value is -2.47. The minimum absolute atomic E-state index is 0.202. The molecule has 0 bridgehead atoms. The van der Waals surface area contributed by atoms with E-state index in [1.165, 1.54) is 15.9 Å². The van der Waals surface area contributed by atoms with Crippen molar-refractivity contribution in [2.75, 3.05) is 18.4 Å². The maximum atomic E-state index is 11.3. The number of benzene rings is 1. The largest absolute Gasteiger partial charge is 0.481 e. The van der Waals surface area contributed by atoms with Crippen molar-refractivity contribution in [1.82, 2.24) is 0 Å². The zero-order chi connectivity index (χ0) is 22.8. The molecule has 1 aliphatic carbocycles. The van der Waals surface area contributed by atoms with Crippen LogP contribution in [0.15, 0.2) is 45.0 Å². The number of carboxylic acids is 1. The zero-order valence-electron chi connectivity index (χ0n) is 19.7. The normalized spacial score (nSPS) is 21.3. The summed E-state index contributed by atoms with van der Waals surface area (Å²) in [5.74, 6) is -0.725. The third-order valence-corrected chi connectivity index (χ3v) is 12.3. The van der Waals surface area contributed by atoms with Crippen molar-refractivity contribution >= 4 is 42.0 Å². The quantitative estimate of drug-likeness (QED) is 0.426. The molecule has 1 atom stereocenters. The van der Waals surface area contributed by atoms with Crippen molar-refractivity contribution in [1.29, 1.82) is 0 Å². The molecule has 0 saturated carbocycles. The summed E-state index contributed by atoms with van der Waals surface area (Å²) in [4.78, 5) is 21.2. The number of aliphatic imine (C=N–C) groups is 2. The highest BCUT2D eigenvalue weighted by atomic mass is 28.3. The number of aryl methyl sites for hydroxylation is 1. The minimum Gasteiger partial charge on any atom is -0.481 e. The molecule has 31 heavy (non-hydrogen) atoms. The second-order valence-electron chi connectivity index (χ2n) is 8.83. The molecule has 0 radical (unpaired) electrons. The van der Waals surface area contributed by atoms with Crippen LogP contribution in [0.3, 0.4) is 0 Å². The first kappa shape index (κ1) is 23.2. The summed E-state index contributed by atoms with van der Waals surface area (Å²) < 4.78 is 0. The van der Waals surface area contributed by atoms with Gasteiger partial charge in [-0.05, 0) is 91.5 Å². The van der Waals surface area contributed by atoms with Crippen molar-refractivity contribution in [2.45, 2.75) is 66.0 Å². The first-order valence-electron chi connectivity index (χ1n) is 11.4. The van der Waals surface area contributed by atoms with Crippen molar-refractivity contribution < 1.29 is 9.90 Å². The highest BCUT2D eigenvalue weighted by molar-refractivity contribution is 7.03. The predicted molar refractivity (Wildman–Crippen MR) is 134 cm³/mol. The molecular weight excluding hydrogens is 402 g/mol. The van der Waals surface area contributed by atoms with Crippen LogP contribution >= 0.6 is 0 Å². The molecular formula is C25H35N3O2Si. The van der Waals surface area contributed by atoms with E-state index >= 15 is 0 Å². The van der Waals surface area contributed by atoms with E-state index in [-0.39, 0.29) is 6.42 Å². The Morgan fingerprint density at radius 2 is 1.97 bits per heavy atom. The minimum atomic E-state index is -2.29. The van der Waals surface area contributed by atoms with Gasteiger partial charge in [0.05, 0.1) is 17.1 Å². The number of rotatable bonds is 8. The van der Waals surface area contributed by atoms with E-state index in [2.05, 4.69) is 71.1 Å². The van der Waals surface area contributed by atoms with Gasteiger partial charge in [-0.15, -0.1) is 0 Å². The van der Waals surface area contributed by atoms with Gasteiger partial charge in [-0.25, -0.2) is 4.99 Å². The van der Waals surface area contributed by atoms with Gasteiger partial charge < -0.3 is 10.4 Å². The molecule has 1 heterocycles. The van der Waals surface area contributed by atoms with Crippen LogP contribution in [-0.2, 0) is 4.79 Å². The SMILES string of the molecule is CCN=C1C=C2C(=Nc3cc(C)c(NCC)cc3[Si]2(CCCC(=O)O)C(C)C)C=C1C. The number of carbonyl (C=O) groups is 1. The summed E-state index contributed by atoms with van der Waals surface area (Å²) in [6.07, 6.45) is 5.33. The average Bonchev–Trinajstić information content (AvgIpc) is 2.69. The molecule has 166 valence electrons. The summed E-state index contributed by atoms with van der Waals surface area (Å²) in [5.41, 5.74) is 7.04. The van der Waals surface area contributed by atoms with Gasteiger partial charge in [0.2, 0.25) is 0 Å². The van der Waals surface area contributed by atoms with Crippen molar-refractivity contribution in [3.8, 4) is 0 Å². The van der Waals surface area contributed by atoms with E-state index in [1.54, 1.807) is 0 Å². The second kappa shape index (κ2) is 9.35. The number of carboxylic acid groups (broad SMARTS) is 1. The molecule has 2 aliphatic rings. The Kier molecular flexibility index (Phi) is 6.99. The maximum absolute atomic E-state index is 11.3. The second-order valence-corrected chi connectivity index (χ2v) is 13.5. The van der Waals surface area contributed by atoms with Crippen molar-refractivity contribution in [3.63, 3.8) is 0 Å². The molecule has 0 aromatic heterocycles. The van der Waals surface area contributed by atoms with E-state index in [4.69, 9.17) is 9.98 Å². The van der Waals surface area contributed by atoms with Crippen LogP contribution in [0.5, 0.6) is 0 Å². The van der Waals surface area contributed by atoms with E-state index in [9.17, 15) is 9.90 Å². The fourth-order valence-corrected chi connectivity index (χ4v) is 10.3. The third-order valence-electron chi connectivity index (χ3n) is 6.50. The number of anilines is 1. The van der Waals surface area contributed by atoms with E-state index < -0.39 is 14.0 Å². The van der Waals surface area contributed by atoms with Gasteiger partial charge in [0, 0.05) is 25.2 Å². The monoisotopic (exact) mass is 437 g/mol. The fourth-order valence-electron chi connectivity index (χ4n) is 4.97. The number of allylic oxidation sites excluding steroid dienone is 4. The van der Waals surface area contributed by atoms with Crippen molar-refractivity contribution in [2.24, 2.45) is 9.98 Å². The Balaban J connectivity index is 2.29. The van der Waals surface area contributed by atoms with E-state index in [0.29, 0.717) is 12.0 Å². The van der Waals surface area contributed by atoms with Gasteiger partial charge >= 0.3 is 5.97 Å². The average molecular weight is 438 g/mol. The summed E-state index contributed by atoms with van der Waals surface area (Å²) in [6, 6.07) is 5.41. The predicted octanol–water partition coefficient (Wildman–Crippen LogP) is 5.33. The number of aliphatic carboxylic acids is 1. The smallest absolute Gasteiger partial charge is 0.303 e. The van der Waals surface area contributed by atoms with E-state index in [1.807, 2.05) is 0 Å². The number of nitrogens with one attached hydrogen (secondary N) is 1. The maximum Gasteiger partial charge on any atom is 0.303 e. The van der Waals surface area contributed by atoms with Crippen LogP contribution in [0.1, 0.15) is 53.0 Å². The Bertz CT molecular complexity index is 1000. The number of hydrogen-bond acceptors (Lipinski definition) is 4. The summed E-state index contributed by atoms with van der Waals surface area (Å²) >= 11 is 0. The lowest BCUT2D eigenvalue weighted by atomic mass is 10.0. The molecule has 1 aliphatic heterocycles. The lowest BCUT2D eigenvalue weighted by Gasteiger charge is -2.43. The topological polar surface area (TPSA) is 74.0 Å². The van der Waals surface area contributed by atoms with Crippen LogP contribution < -0.4 is 10.5 Å². The molecule has 3 rings (SSSR count). The fraction of sp³-hybridized carbons (Fsp3) is 0.480. The van der Waals surface area contributed by atoms with Gasteiger partial charge in [0.25, 0.3) is 0 Å². The summed E-state index contributed by atoms with van der Waals surface area (Å²) in [7, 11) is -2.29. The van der Waals surface area contributed by atoms with Gasteiger partial charge in [0.1, 0.15) is 8.07 Å². The molecule has 5 nitrogen and oxygen atoms in total. The van der Waals surface area contributed by atoms with Crippen LogP contribution in [0, 0.1) is 6.92 Å². The summed E-state index contributed by atoms with van der Waals surface area (Å²) in [6.45, 7) is 14.6. The van der Waals surface area contributed by atoms with Crippen LogP contribution in [0.25, 0.3) is 0 Å². The number of hydrogen-bond donors (Lipinski definition) is 2. The molecule has 0 amide bonds. The first-order chi connectivity index (χ1) is 14.7. The standard InChI is InChI=1S/C25H35N3O2Si/c1-7-26-19-14-23-21(12-17(19)5)28-22-13-18(6)20(27-8-2)15-24(22)31(23,16(3)4)11-9-10-25(29)30/h12-16,26H,7-11H2,1-6H3,(H,29,30). The number of nitrogens with zero attached hydrogens (tertiary/aromatic N) is 2. The van der Waals surface area contributed by atoms with Crippen LogP contribution in [-0.4, -0.2) is 43.7 Å². The Morgan fingerprint density at radius 1 is 1.23 bits per heavy atom. The van der Waals surface area contributed by atoms with Gasteiger partial charge in [0.15, 0.2) is 0 Å². The van der Waals surface area contributed by atoms with Crippen LogP contribution in [0.2, 0.25) is 11.6 Å². The van der Waals surface area contributed by atoms with Gasteiger partial charge in [-0.2, -0.15) is 0 Å². The van der Waals surface area contributed by atoms with Crippen LogP contribution in [0.4, 0.5) is 11.4 Å². The molecule has 0 spiro atoms. The molecule has 1 aromatic carbocycles.